The number of sulfonamides is 1. The van der Waals surface area contributed by atoms with E-state index in [2.05, 4.69) is 26.5 Å². The molecule has 11 heteroatoms. The molecule has 9 nitrogen and oxygen atoms in total. The number of ether oxygens (including phenoxy) is 1. The molecule has 0 fully saturated rings. The second-order valence-electron chi connectivity index (χ2n) is 8.09. The van der Waals surface area contributed by atoms with Crippen LogP contribution in [0.4, 0.5) is 10.5 Å². The van der Waals surface area contributed by atoms with E-state index < -0.39 is 16.1 Å². The van der Waals surface area contributed by atoms with Crippen molar-refractivity contribution in [2.75, 3.05) is 19.0 Å². The summed E-state index contributed by atoms with van der Waals surface area (Å²) in [5, 5.41) is 10.0. The fraction of sp³-hybridized carbons (Fsp3) is 0.500. The first kappa shape index (κ1) is 22.6. The van der Waals surface area contributed by atoms with Crippen LogP contribution in [0.3, 0.4) is 0 Å². The summed E-state index contributed by atoms with van der Waals surface area (Å²) in [6.07, 6.45) is 7.15. The number of nitrogens with one attached hydrogen (secondary N) is 3. The summed E-state index contributed by atoms with van der Waals surface area (Å²) >= 11 is 0. The van der Waals surface area contributed by atoms with Gasteiger partial charge >= 0.3 is 6.03 Å². The second-order valence-corrected chi connectivity index (χ2v) is 9.74. The first-order valence-corrected chi connectivity index (χ1v) is 11.8. The monoisotopic (exact) mass is 454 g/mol. The number of carbonyl (C=O) groups excluding carboxylic acids is 1. The van der Waals surface area contributed by atoms with E-state index in [1.807, 2.05) is 7.05 Å². The van der Waals surface area contributed by atoms with Crippen molar-refractivity contribution >= 4 is 51.3 Å². The van der Waals surface area contributed by atoms with Crippen molar-refractivity contribution in [2.24, 2.45) is 0 Å². The molecular weight excluding hydrogens is 429 g/mol. The van der Waals surface area contributed by atoms with E-state index in [0.717, 1.165) is 55.3 Å². The first-order chi connectivity index (χ1) is 14.5. The third kappa shape index (κ3) is 4.11. The van der Waals surface area contributed by atoms with E-state index in [0.29, 0.717) is 13.2 Å². The van der Waals surface area contributed by atoms with Crippen LogP contribution in [0.1, 0.15) is 35.1 Å². The van der Waals surface area contributed by atoms with Crippen LogP contribution in [0, 0.1) is 0 Å². The van der Waals surface area contributed by atoms with E-state index in [-0.39, 0.29) is 46.4 Å². The van der Waals surface area contributed by atoms with Crippen molar-refractivity contribution in [1.82, 2.24) is 19.8 Å². The molecule has 0 saturated heterocycles. The third-order valence-corrected chi connectivity index (χ3v) is 7.52. The Hall–Kier alpha value is -1.59. The van der Waals surface area contributed by atoms with E-state index in [9.17, 15) is 13.2 Å². The maximum atomic E-state index is 12.9. The number of urea groups is 1. The molecule has 3 N–H and O–H groups in total. The molecule has 5 rings (SSSR count). The van der Waals surface area contributed by atoms with Gasteiger partial charge in [0, 0.05) is 35.2 Å². The number of hydrogen-bond acceptors (Lipinski definition) is 6. The van der Waals surface area contributed by atoms with Crippen LogP contribution < -0.4 is 20.1 Å². The normalized spacial score (nSPS) is 18.9. The van der Waals surface area contributed by atoms with Crippen LogP contribution in [0.5, 0.6) is 5.88 Å². The molecule has 1 aliphatic heterocycles. The van der Waals surface area contributed by atoms with Gasteiger partial charge in [-0.25, -0.2) is 22.6 Å². The summed E-state index contributed by atoms with van der Waals surface area (Å²) in [6.45, 7) is 0.828. The zero-order valence-corrected chi connectivity index (χ0v) is 20.6. The van der Waals surface area contributed by atoms with E-state index in [1.165, 1.54) is 22.0 Å². The number of hydrogen-bond donors (Lipinski definition) is 3. The van der Waals surface area contributed by atoms with Crippen molar-refractivity contribution in [3.8, 4) is 5.88 Å². The van der Waals surface area contributed by atoms with Crippen LogP contribution >= 0.6 is 0 Å². The average Bonchev–Trinajstić information content (AvgIpc) is 3.45. The van der Waals surface area contributed by atoms with Crippen molar-refractivity contribution in [1.29, 1.82) is 0 Å². The number of anilines is 1. The number of amides is 2. The molecule has 1 aromatic heterocycles. The summed E-state index contributed by atoms with van der Waals surface area (Å²) in [5.74, 6) is 0.156. The van der Waals surface area contributed by atoms with Gasteiger partial charge in [-0.3, -0.25) is 0 Å². The van der Waals surface area contributed by atoms with E-state index in [4.69, 9.17) is 4.74 Å². The van der Waals surface area contributed by atoms with E-state index in [1.54, 1.807) is 0 Å². The van der Waals surface area contributed by atoms with Gasteiger partial charge in [0.25, 0.3) is 10.0 Å². The Morgan fingerprint density at radius 1 is 1.16 bits per heavy atom. The van der Waals surface area contributed by atoms with Crippen molar-refractivity contribution in [3.05, 3.63) is 34.5 Å². The number of carbonyl (C=O) groups is 1. The minimum atomic E-state index is -4.12. The van der Waals surface area contributed by atoms with Crippen LogP contribution in [-0.4, -0.2) is 73.5 Å². The Labute approximate surface area is 203 Å². The summed E-state index contributed by atoms with van der Waals surface area (Å²) < 4.78 is 35.0. The Morgan fingerprint density at radius 2 is 1.84 bits per heavy atom. The summed E-state index contributed by atoms with van der Waals surface area (Å²) in [7, 11) is -2.31. The fourth-order valence-corrected chi connectivity index (χ4v) is 5.70. The number of benzene rings is 1. The number of likely N-dealkylation sites (N-methyl/N-ethyl adjacent to an activating group) is 1. The zero-order chi connectivity index (χ0) is 20.9. The Kier molecular flexibility index (Phi) is 6.37. The molecule has 1 aromatic carbocycles. The summed E-state index contributed by atoms with van der Waals surface area (Å²) in [6, 6.07) is 1.55. The molecule has 3 aliphatic rings. The van der Waals surface area contributed by atoms with Gasteiger partial charge in [0.05, 0.1) is 18.8 Å². The molecule has 0 bridgehead atoms. The van der Waals surface area contributed by atoms with Gasteiger partial charge in [0.15, 0.2) is 4.90 Å². The zero-order valence-electron chi connectivity index (χ0n) is 17.8. The number of nitrogens with zero attached hydrogens (tertiary/aromatic N) is 2. The molecule has 0 spiro atoms. The first-order valence-electron chi connectivity index (χ1n) is 10.3. The van der Waals surface area contributed by atoms with Gasteiger partial charge in [0.1, 0.15) is 6.61 Å². The standard InChI is InChI=1S/C20H25N5O4S.Na/c1-21-14-10-25-19(29-11-14)17(9-22-25)30(27,28)24-20(26)23-18-15-6-2-4-12(15)8-13-5-3-7-16(13)18;/h8-9,14,21H,2-7,10-11H2,1H3,(H2,23,24,26);/t14-;/m0./s1. The number of fused-ring (bicyclic) bond motifs is 3. The smallest absolute Gasteiger partial charge is 0.333 e. The molecule has 161 valence electrons. The Bertz CT molecular complexity index is 1100. The molecule has 2 amide bonds. The predicted molar refractivity (Wildman–Crippen MR) is 116 cm³/mol. The number of aryl methyl sites for hydroxylation is 2. The van der Waals surface area contributed by atoms with E-state index >= 15 is 0 Å². The Balaban J connectivity index is 0.00000231. The van der Waals surface area contributed by atoms with Crippen LogP contribution in [0.2, 0.25) is 0 Å². The molecule has 2 aromatic rings. The van der Waals surface area contributed by atoms with Gasteiger partial charge < -0.3 is 15.4 Å². The molecule has 0 unspecified atom stereocenters. The van der Waals surface area contributed by atoms with Crippen molar-refractivity contribution in [2.45, 2.75) is 56.0 Å². The molecule has 0 saturated carbocycles. The number of aromatic nitrogens is 2. The second kappa shape index (κ2) is 8.74. The summed E-state index contributed by atoms with van der Waals surface area (Å²) in [5.41, 5.74) is 5.63. The van der Waals surface area contributed by atoms with Crippen LogP contribution in [0.15, 0.2) is 17.2 Å². The molecule has 1 atom stereocenters. The quantitative estimate of drug-likeness (QED) is 0.594. The van der Waals surface area contributed by atoms with Gasteiger partial charge in [-0.05, 0) is 67.8 Å². The topological polar surface area (TPSA) is 114 Å². The summed E-state index contributed by atoms with van der Waals surface area (Å²) in [4.78, 5) is 12.6. The Morgan fingerprint density at radius 3 is 2.48 bits per heavy atom. The maximum Gasteiger partial charge on any atom is 0.333 e. The maximum absolute atomic E-state index is 12.9. The molecule has 31 heavy (non-hydrogen) atoms. The largest absolute Gasteiger partial charge is 0.475 e. The molecule has 2 heterocycles. The van der Waals surface area contributed by atoms with Gasteiger partial charge in [0.2, 0.25) is 5.88 Å². The van der Waals surface area contributed by atoms with Gasteiger partial charge in [-0.1, -0.05) is 6.07 Å². The van der Waals surface area contributed by atoms with Gasteiger partial charge in [-0.2, -0.15) is 5.10 Å². The number of rotatable bonds is 4. The van der Waals surface area contributed by atoms with Crippen molar-refractivity contribution in [3.63, 3.8) is 0 Å². The molecule has 1 radical (unpaired) electrons. The average molecular weight is 455 g/mol. The molecule has 2 aliphatic carbocycles. The predicted octanol–water partition coefficient (Wildman–Crippen LogP) is 0.970. The fourth-order valence-electron chi connectivity index (χ4n) is 4.72. The van der Waals surface area contributed by atoms with Crippen LogP contribution in [0.25, 0.3) is 0 Å². The van der Waals surface area contributed by atoms with Crippen LogP contribution in [-0.2, 0) is 42.3 Å². The van der Waals surface area contributed by atoms with Gasteiger partial charge in [-0.15, -0.1) is 0 Å². The third-order valence-electron chi connectivity index (χ3n) is 6.21. The molecular formula is C20H25N5NaO4S. The SMILES string of the molecule is CN[C@@H]1COc2c(S(=O)(=O)NC(=O)Nc3c4c(cc5c3CCC5)CCC4)cnn2C1.[Na]. The minimum Gasteiger partial charge on any atom is -0.475 e. The van der Waals surface area contributed by atoms with Crippen molar-refractivity contribution < 1.29 is 17.9 Å². The minimum absolute atomic E-state index is 0.